The molecule has 0 spiro atoms. The van der Waals surface area contributed by atoms with Gasteiger partial charge in [0, 0.05) is 22.2 Å². The third kappa shape index (κ3) is 5.70. The highest BCUT2D eigenvalue weighted by molar-refractivity contribution is 14.1. The van der Waals surface area contributed by atoms with Crippen molar-refractivity contribution in [2.75, 3.05) is 11.1 Å². The summed E-state index contributed by atoms with van der Waals surface area (Å²) in [5, 5.41) is 12.4. The fourth-order valence-electron chi connectivity index (χ4n) is 3.06. The Labute approximate surface area is 189 Å². The summed E-state index contributed by atoms with van der Waals surface area (Å²) in [6.45, 7) is 8.46. The van der Waals surface area contributed by atoms with Crippen LogP contribution in [0.4, 0.5) is 5.69 Å². The molecule has 1 N–H and O–H groups in total. The molecule has 0 bridgehead atoms. The number of halogens is 1. The number of nitrogens with one attached hydrogen (secondary N) is 1. The molecule has 5 nitrogen and oxygen atoms in total. The van der Waals surface area contributed by atoms with Crippen LogP contribution >= 0.6 is 34.4 Å². The molecule has 29 heavy (non-hydrogen) atoms. The molecule has 1 aromatic heterocycles. The highest BCUT2D eigenvalue weighted by Crippen LogP contribution is 2.24. The number of nitrogens with zero attached hydrogens (tertiary/aromatic N) is 3. The molecule has 2 aromatic carbocycles. The normalized spacial score (nSPS) is 10.7. The van der Waals surface area contributed by atoms with Crippen LogP contribution in [0.2, 0.25) is 0 Å². The van der Waals surface area contributed by atoms with Gasteiger partial charge in [-0.05, 0) is 65.3 Å². The summed E-state index contributed by atoms with van der Waals surface area (Å²) in [7, 11) is 0. The summed E-state index contributed by atoms with van der Waals surface area (Å²) in [4.78, 5) is 12.5. The van der Waals surface area contributed by atoms with Crippen molar-refractivity contribution in [2.24, 2.45) is 0 Å². The predicted octanol–water partition coefficient (Wildman–Crippen LogP) is 5.01. The van der Waals surface area contributed by atoms with E-state index in [2.05, 4.69) is 68.9 Å². The lowest BCUT2D eigenvalue weighted by molar-refractivity contribution is -0.113. The number of rotatable bonds is 8. The number of anilines is 1. The van der Waals surface area contributed by atoms with E-state index >= 15 is 0 Å². The van der Waals surface area contributed by atoms with Crippen LogP contribution in [0.15, 0.2) is 60.3 Å². The molecule has 0 aliphatic heterocycles. The van der Waals surface area contributed by atoms with Crippen LogP contribution in [0.25, 0.3) is 0 Å². The number of aromatic nitrogens is 3. The average Bonchev–Trinajstić information content (AvgIpc) is 3.05. The zero-order chi connectivity index (χ0) is 20.8. The van der Waals surface area contributed by atoms with Crippen molar-refractivity contribution < 1.29 is 4.79 Å². The van der Waals surface area contributed by atoms with Gasteiger partial charge < -0.3 is 9.88 Å². The van der Waals surface area contributed by atoms with E-state index in [1.807, 2.05) is 42.7 Å². The number of allylic oxidation sites excluding steroid dienone is 1. The molecule has 3 rings (SSSR count). The SMILES string of the molecule is C=CCn1c(Cc2ccccc2)nnc1SCC(=O)Nc1c(C)cc(I)cc1C. The van der Waals surface area contributed by atoms with Gasteiger partial charge in [-0.2, -0.15) is 0 Å². The van der Waals surface area contributed by atoms with Crippen molar-refractivity contribution >= 4 is 45.9 Å². The molecule has 0 saturated carbocycles. The van der Waals surface area contributed by atoms with E-state index in [0.29, 0.717) is 13.0 Å². The van der Waals surface area contributed by atoms with Crippen LogP contribution in [0, 0.1) is 17.4 Å². The van der Waals surface area contributed by atoms with Crippen LogP contribution in [0.5, 0.6) is 0 Å². The zero-order valence-corrected chi connectivity index (χ0v) is 19.5. The highest BCUT2D eigenvalue weighted by atomic mass is 127. The molecule has 0 fully saturated rings. The van der Waals surface area contributed by atoms with Crippen molar-refractivity contribution in [3.8, 4) is 0 Å². The third-order valence-corrected chi connectivity index (χ3v) is 5.99. The Kier molecular flexibility index (Phi) is 7.49. The number of hydrogen-bond acceptors (Lipinski definition) is 4. The van der Waals surface area contributed by atoms with Gasteiger partial charge in [0.2, 0.25) is 5.91 Å². The van der Waals surface area contributed by atoms with E-state index in [1.165, 1.54) is 17.3 Å². The van der Waals surface area contributed by atoms with Crippen molar-refractivity contribution in [3.05, 3.63) is 81.2 Å². The molecular weight excluding hydrogens is 495 g/mol. The van der Waals surface area contributed by atoms with Gasteiger partial charge in [0.1, 0.15) is 5.82 Å². The number of aryl methyl sites for hydroxylation is 2. The van der Waals surface area contributed by atoms with E-state index in [4.69, 9.17) is 0 Å². The van der Waals surface area contributed by atoms with Gasteiger partial charge in [-0.25, -0.2) is 0 Å². The van der Waals surface area contributed by atoms with Gasteiger partial charge in [0.05, 0.1) is 5.75 Å². The Morgan fingerprint density at radius 3 is 2.55 bits per heavy atom. The van der Waals surface area contributed by atoms with Crippen LogP contribution in [0.3, 0.4) is 0 Å². The standard InChI is InChI=1S/C22H23IN4OS/c1-4-10-27-19(13-17-8-6-5-7-9-17)25-26-22(27)29-14-20(28)24-21-15(2)11-18(23)12-16(21)3/h4-9,11-12H,1,10,13-14H2,2-3H3,(H,24,28). The maximum atomic E-state index is 12.5. The summed E-state index contributed by atoms with van der Waals surface area (Å²) >= 11 is 3.67. The quantitative estimate of drug-likeness (QED) is 0.259. The van der Waals surface area contributed by atoms with Crippen molar-refractivity contribution in [2.45, 2.75) is 32.0 Å². The van der Waals surface area contributed by atoms with Crippen molar-refractivity contribution in [3.63, 3.8) is 0 Å². The van der Waals surface area contributed by atoms with Gasteiger partial charge in [-0.3, -0.25) is 4.79 Å². The lowest BCUT2D eigenvalue weighted by atomic mass is 10.1. The maximum Gasteiger partial charge on any atom is 0.234 e. The van der Waals surface area contributed by atoms with Crippen molar-refractivity contribution in [1.29, 1.82) is 0 Å². The molecule has 3 aromatic rings. The van der Waals surface area contributed by atoms with E-state index in [9.17, 15) is 4.79 Å². The highest BCUT2D eigenvalue weighted by Gasteiger charge is 2.15. The van der Waals surface area contributed by atoms with Gasteiger partial charge >= 0.3 is 0 Å². The summed E-state index contributed by atoms with van der Waals surface area (Å²) in [5.41, 5.74) is 4.18. The molecule has 150 valence electrons. The number of benzene rings is 2. The molecule has 0 saturated heterocycles. The van der Waals surface area contributed by atoms with Crippen LogP contribution in [-0.4, -0.2) is 26.4 Å². The van der Waals surface area contributed by atoms with Crippen molar-refractivity contribution in [1.82, 2.24) is 14.8 Å². The van der Waals surface area contributed by atoms with E-state index in [-0.39, 0.29) is 11.7 Å². The molecule has 7 heteroatoms. The maximum absolute atomic E-state index is 12.5. The Bertz CT molecular complexity index is 994. The Balaban J connectivity index is 1.68. The Morgan fingerprint density at radius 1 is 1.21 bits per heavy atom. The lowest BCUT2D eigenvalue weighted by Crippen LogP contribution is -2.16. The molecular formula is C22H23IN4OS. The molecule has 0 unspecified atom stereocenters. The topological polar surface area (TPSA) is 59.8 Å². The Hall–Kier alpha value is -2.13. The lowest BCUT2D eigenvalue weighted by Gasteiger charge is -2.12. The fourth-order valence-corrected chi connectivity index (χ4v) is 4.76. The second-order valence-electron chi connectivity index (χ2n) is 6.71. The largest absolute Gasteiger partial charge is 0.325 e. The van der Waals surface area contributed by atoms with E-state index in [0.717, 1.165) is 31.4 Å². The predicted molar refractivity (Wildman–Crippen MR) is 127 cm³/mol. The summed E-state index contributed by atoms with van der Waals surface area (Å²) in [6, 6.07) is 14.3. The van der Waals surface area contributed by atoms with Gasteiger partial charge in [-0.15, -0.1) is 16.8 Å². The first-order chi connectivity index (χ1) is 14.0. The molecule has 1 heterocycles. The number of thioether (sulfide) groups is 1. The summed E-state index contributed by atoms with van der Waals surface area (Å²) < 4.78 is 3.17. The number of carbonyl (C=O) groups excluding carboxylic acids is 1. The number of hydrogen-bond donors (Lipinski definition) is 1. The molecule has 1 amide bonds. The van der Waals surface area contributed by atoms with E-state index in [1.54, 1.807) is 0 Å². The number of carbonyl (C=O) groups is 1. The molecule has 0 aliphatic rings. The average molecular weight is 518 g/mol. The second-order valence-corrected chi connectivity index (χ2v) is 8.90. The van der Waals surface area contributed by atoms with Gasteiger partial charge in [0.15, 0.2) is 5.16 Å². The van der Waals surface area contributed by atoms with Crippen LogP contribution < -0.4 is 5.32 Å². The number of amides is 1. The summed E-state index contributed by atoms with van der Waals surface area (Å²) in [5.74, 6) is 1.08. The molecule has 0 atom stereocenters. The monoisotopic (exact) mass is 518 g/mol. The first-order valence-electron chi connectivity index (χ1n) is 9.24. The minimum Gasteiger partial charge on any atom is -0.325 e. The molecule has 0 aliphatic carbocycles. The van der Waals surface area contributed by atoms with Crippen LogP contribution in [0.1, 0.15) is 22.5 Å². The Morgan fingerprint density at radius 2 is 1.90 bits per heavy atom. The van der Waals surface area contributed by atoms with Gasteiger partial charge in [-0.1, -0.05) is 48.2 Å². The minimum atomic E-state index is -0.0554. The smallest absolute Gasteiger partial charge is 0.234 e. The first-order valence-corrected chi connectivity index (χ1v) is 11.3. The molecule has 0 radical (unpaired) electrons. The summed E-state index contributed by atoms with van der Waals surface area (Å²) in [6.07, 6.45) is 2.51. The first kappa shape index (κ1) is 21.6. The fraction of sp³-hybridized carbons (Fsp3) is 0.227. The van der Waals surface area contributed by atoms with E-state index < -0.39 is 0 Å². The second kappa shape index (κ2) is 10.1. The van der Waals surface area contributed by atoms with Crippen LogP contribution in [-0.2, 0) is 17.8 Å². The van der Waals surface area contributed by atoms with Gasteiger partial charge in [0.25, 0.3) is 0 Å². The third-order valence-electron chi connectivity index (χ3n) is 4.40. The minimum absolute atomic E-state index is 0.0554. The zero-order valence-electron chi connectivity index (χ0n) is 16.5.